The Kier molecular flexibility index (Phi) is 5.63. The van der Waals surface area contributed by atoms with Gasteiger partial charge in [-0.15, -0.1) is 0 Å². The van der Waals surface area contributed by atoms with Gasteiger partial charge in [-0.25, -0.2) is 9.97 Å². The molecule has 0 atom stereocenters. The number of nitrogens with zero attached hydrogens (tertiary/aromatic N) is 3. The molecule has 9 aromatic rings. The second-order valence-electron chi connectivity index (χ2n) is 13.5. The lowest BCUT2D eigenvalue weighted by molar-refractivity contribution is 0.666. The van der Waals surface area contributed by atoms with E-state index in [0.717, 1.165) is 33.6 Å². The van der Waals surface area contributed by atoms with E-state index in [1.807, 2.05) is 6.20 Å². The number of fused-ring (bicyclic) bond motifs is 9. The van der Waals surface area contributed by atoms with Crippen molar-refractivity contribution in [1.29, 1.82) is 0 Å². The fourth-order valence-corrected chi connectivity index (χ4v) is 8.07. The third-order valence-corrected chi connectivity index (χ3v) is 10.4. The van der Waals surface area contributed by atoms with Crippen molar-refractivity contribution in [2.24, 2.45) is 0 Å². The molecule has 0 spiro atoms. The van der Waals surface area contributed by atoms with Crippen LogP contribution in [0.25, 0.3) is 82.8 Å². The van der Waals surface area contributed by atoms with Gasteiger partial charge in [0.2, 0.25) is 0 Å². The first-order chi connectivity index (χ1) is 23.5. The molecular weight excluding hydrogens is 583 g/mol. The summed E-state index contributed by atoms with van der Waals surface area (Å²) < 4.78 is 2.36. The summed E-state index contributed by atoms with van der Waals surface area (Å²) in [5.41, 5.74) is 12.8. The molecule has 1 aliphatic rings. The molecule has 7 aromatic carbocycles. The summed E-state index contributed by atoms with van der Waals surface area (Å²) in [5.74, 6) is 0.741. The minimum atomic E-state index is -0.185. The van der Waals surface area contributed by atoms with Crippen molar-refractivity contribution < 1.29 is 0 Å². The molecule has 2 aromatic heterocycles. The average molecular weight is 614 g/mol. The Morgan fingerprint density at radius 2 is 1.21 bits per heavy atom. The summed E-state index contributed by atoms with van der Waals surface area (Å²) in [7, 11) is 0. The van der Waals surface area contributed by atoms with E-state index in [-0.39, 0.29) is 5.41 Å². The van der Waals surface area contributed by atoms with Crippen molar-refractivity contribution in [3.63, 3.8) is 0 Å². The van der Waals surface area contributed by atoms with Gasteiger partial charge in [0, 0.05) is 22.1 Å². The second kappa shape index (κ2) is 9.97. The molecule has 0 fully saturated rings. The van der Waals surface area contributed by atoms with E-state index in [1.165, 1.54) is 60.3 Å². The summed E-state index contributed by atoms with van der Waals surface area (Å²) in [6.45, 7) is 4.71. The summed E-state index contributed by atoms with van der Waals surface area (Å²) in [5, 5.41) is 6.01. The van der Waals surface area contributed by atoms with Gasteiger partial charge in [-0.05, 0) is 85.3 Å². The van der Waals surface area contributed by atoms with Crippen molar-refractivity contribution in [1.82, 2.24) is 14.5 Å². The molecule has 48 heavy (non-hydrogen) atoms. The summed E-state index contributed by atoms with van der Waals surface area (Å²) in [6, 6.07) is 52.5. The second-order valence-corrected chi connectivity index (χ2v) is 13.5. The predicted molar refractivity (Wildman–Crippen MR) is 200 cm³/mol. The predicted octanol–water partition coefficient (Wildman–Crippen LogP) is 11.5. The summed E-state index contributed by atoms with van der Waals surface area (Å²) >= 11 is 0. The van der Waals surface area contributed by atoms with Gasteiger partial charge in [-0.3, -0.25) is 0 Å². The lowest BCUT2D eigenvalue weighted by Gasteiger charge is -2.22. The van der Waals surface area contributed by atoms with Gasteiger partial charge < -0.3 is 4.57 Å². The monoisotopic (exact) mass is 613 g/mol. The quantitative estimate of drug-likeness (QED) is 0.198. The molecule has 0 amide bonds. The topological polar surface area (TPSA) is 30.7 Å². The van der Waals surface area contributed by atoms with Gasteiger partial charge in [0.05, 0.1) is 17.2 Å². The van der Waals surface area contributed by atoms with Crippen LogP contribution < -0.4 is 0 Å². The Balaban J connectivity index is 1.23. The molecule has 0 bridgehead atoms. The SMILES string of the molecule is CC1(C)c2ccccc2-c2ccc3c(c21)c1nc(-c2ccc4ccccc4c2)ncc1n3-c1ccc2cc(-c3ccccc3)ccc2c1. The van der Waals surface area contributed by atoms with Gasteiger partial charge in [-0.1, -0.05) is 129 Å². The van der Waals surface area contributed by atoms with Crippen molar-refractivity contribution in [2.45, 2.75) is 19.3 Å². The first-order valence-electron chi connectivity index (χ1n) is 16.6. The van der Waals surface area contributed by atoms with Crippen LogP contribution in [0.5, 0.6) is 0 Å². The third kappa shape index (κ3) is 3.88. The maximum atomic E-state index is 5.41. The molecule has 226 valence electrons. The summed E-state index contributed by atoms with van der Waals surface area (Å²) in [4.78, 5) is 10.4. The normalized spacial score (nSPS) is 13.4. The van der Waals surface area contributed by atoms with E-state index >= 15 is 0 Å². The van der Waals surface area contributed by atoms with Crippen molar-refractivity contribution in [3.05, 3.63) is 163 Å². The third-order valence-electron chi connectivity index (χ3n) is 10.4. The van der Waals surface area contributed by atoms with E-state index < -0.39 is 0 Å². The van der Waals surface area contributed by atoms with Crippen LogP contribution in [-0.2, 0) is 5.41 Å². The minimum absolute atomic E-state index is 0.185. The Labute approximate surface area is 278 Å². The van der Waals surface area contributed by atoms with Crippen molar-refractivity contribution in [2.75, 3.05) is 0 Å². The van der Waals surface area contributed by atoms with Gasteiger partial charge >= 0.3 is 0 Å². The van der Waals surface area contributed by atoms with Crippen LogP contribution in [0.2, 0.25) is 0 Å². The highest BCUT2D eigenvalue weighted by Gasteiger charge is 2.38. The molecule has 0 N–H and O–H groups in total. The van der Waals surface area contributed by atoms with Crippen molar-refractivity contribution >= 4 is 43.5 Å². The summed E-state index contributed by atoms with van der Waals surface area (Å²) in [6.07, 6.45) is 2.02. The molecule has 10 rings (SSSR count). The Bertz CT molecular complexity index is 2750. The van der Waals surface area contributed by atoms with Crippen LogP contribution in [-0.4, -0.2) is 14.5 Å². The Morgan fingerprint density at radius 1 is 0.521 bits per heavy atom. The average Bonchev–Trinajstić information content (AvgIpc) is 3.59. The van der Waals surface area contributed by atoms with Crippen LogP contribution in [0.3, 0.4) is 0 Å². The minimum Gasteiger partial charge on any atom is -0.306 e. The smallest absolute Gasteiger partial charge is 0.159 e. The molecule has 0 saturated heterocycles. The van der Waals surface area contributed by atoms with Gasteiger partial charge in [0.15, 0.2) is 5.82 Å². The van der Waals surface area contributed by atoms with E-state index in [4.69, 9.17) is 9.97 Å². The largest absolute Gasteiger partial charge is 0.306 e. The van der Waals surface area contributed by atoms with Crippen LogP contribution in [0.15, 0.2) is 152 Å². The number of aromatic nitrogens is 3. The van der Waals surface area contributed by atoms with E-state index in [1.54, 1.807) is 0 Å². The van der Waals surface area contributed by atoms with Crippen LogP contribution in [0.4, 0.5) is 0 Å². The van der Waals surface area contributed by atoms with Crippen LogP contribution in [0.1, 0.15) is 25.0 Å². The zero-order valence-electron chi connectivity index (χ0n) is 26.8. The molecule has 3 heteroatoms. The van der Waals surface area contributed by atoms with Gasteiger partial charge in [0.25, 0.3) is 0 Å². The fourth-order valence-electron chi connectivity index (χ4n) is 8.07. The molecule has 0 radical (unpaired) electrons. The maximum Gasteiger partial charge on any atom is 0.159 e. The number of benzene rings is 7. The van der Waals surface area contributed by atoms with E-state index in [9.17, 15) is 0 Å². The highest BCUT2D eigenvalue weighted by molar-refractivity contribution is 6.13. The Hall–Kier alpha value is -6.06. The molecule has 1 aliphatic carbocycles. The number of hydrogen-bond acceptors (Lipinski definition) is 2. The maximum absolute atomic E-state index is 5.41. The highest BCUT2D eigenvalue weighted by atomic mass is 15.0. The molecule has 0 unspecified atom stereocenters. The zero-order chi connectivity index (χ0) is 32.0. The van der Waals surface area contributed by atoms with E-state index in [0.29, 0.717) is 0 Å². The molecule has 2 heterocycles. The van der Waals surface area contributed by atoms with Crippen LogP contribution in [0, 0.1) is 0 Å². The Morgan fingerprint density at radius 3 is 2.10 bits per heavy atom. The fraction of sp³-hybridized carbons (Fsp3) is 0.0667. The van der Waals surface area contributed by atoms with E-state index in [2.05, 4.69) is 164 Å². The lowest BCUT2D eigenvalue weighted by atomic mass is 9.81. The van der Waals surface area contributed by atoms with Gasteiger partial charge in [0.1, 0.15) is 5.52 Å². The number of hydrogen-bond donors (Lipinski definition) is 0. The first kappa shape index (κ1) is 27.1. The lowest BCUT2D eigenvalue weighted by Crippen LogP contribution is -2.15. The van der Waals surface area contributed by atoms with Gasteiger partial charge in [-0.2, -0.15) is 0 Å². The van der Waals surface area contributed by atoms with Crippen molar-refractivity contribution in [3.8, 4) is 39.3 Å². The standard InChI is InChI=1S/C45H31N3/c1-45(2)38-15-9-8-14-36(38)37-22-23-39-41(42(37)45)43-40(27-46-44(47-43)34-19-16-29-12-6-7-13-30(29)25-34)48(39)35-21-20-32-24-31(17-18-33(32)26-35)28-10-4-3-5-11-28/h3-27H,1-2H3. The first-order valence-corrected chi connectivity index (χ1v) is 16.6. The zero-order valence-corrected chi connectivity index (χ0v) is 26.8. The molecule has 3 nitrogen and oxygen atoms in total. The molecule has 0 saturated carbocycles. The molecular formula is C45H31N3. The number of rotatable bonds is 3. The van der Waals surface area contributed by atoms with Crippen LogP contribution >= 0.6 is 0 Å². The highest BCUT2D eigenvalue weighted by Crippen LogP contribution is 2.53. The molecule has 0 aliphatic heterocycles.